The molecule has 0 saturated heterocycles. The Morgan fingerprint density at radius 1 is 1.18 bits per heavy atom. The van der Waals surface area contributed by atoms with Crippen molar-refractivity contribution in [2.75, 3.05) is 27.2 Å². The van der Waals surface area contributed by atoms with Gasteiger partial charge in [-0.15, -0.1) is 30.6 Å². The van der Waals surface area contributed by atoms with E-state index in [2.05, 4.69) is 27.1 Å². The van der Waals surface area contributed by atoms with E-state index in [1.807, 2.05) is 25.3 Å². The molecule has 4 N–H and O–H groups in total. The number of nitrogens with zero attached hydrogens (tertiary/aromatic N) is 2. The van der Waals surface area contributed by atoms with Gasteiger partial charge in [-0.05, 0) is 37.0 Å². The highest BCUT2D eigenvalue weighted by Gasteiger charge is 2.08. The van der Waals surface area contributed by atoms with Crippen LogP contribution in [0.15, 0.2) is 41.9 Å². The number of primary amides is 1. The van der Waals surface area contributed by atoms with Crippen LogP contribution in [0.2, 0.25) is 0 Å². The van der Waals surface area contributed by atoms with Gasteiger partial charge in [-0.3, -0.25) is 14.6 Å². The standard InChI is InChI=1S/C20H31N5O2.HI/c1-4-5-6-7-8-13-25(3)20(22-2)24-14-16-9-11-17(12-10-16)19(27)23-15-18(21)26;/h4,9-12H,1,5-8,13-15H2,2-3H3,(H2,21,26)(H,22,24)(H,23,27);1H. The van der Waals surface area contributed by atoms with E-state index < -0.39 is 5.91 Å². The zero-order valence-electron chi connectivity index (χ0n) is 16.7. The number of nitrogens with two attached hydrogens (primary N) is 1. The van der Waals surface area contributed by atoms with Gasteiger partial charge >= 0.3 is 0 Å². The van der Waals surface area contributed by atoms with E-state index in [1.54, 1.807) is 19.2 Å². The highest BCUT2D eigenvalue weighted by Crippen LogP contribution is 2.05. The molecule has 0 aliphatic rings. The Labute approximate surface area is 184 Å². The molecule has 0 saturated carbocycles. The lowest BCUT2D eigenvalue weighted by Crippen LogP contribution is -2.39. The Hall–Kier alpha value is -2.10. The van der Waals surface area contributed by atoms with Crippen LogP contribution < -0.4 is 16.4 Å². The highest BCUT2D eigenvalue weighted by molar-refractivity contribution is 14.0. The average Bonchev–Trinajstić information content (AvgIpc) is 2.66. The summed E-state index contributed by atoms with van der Waals surface area (Å²) in [4.78, 5) is 29.0. The van der Waals surface area contributed by atoms with Gasteiger partial charge in [-0.1, -0.05) is 24.6 Å². The monoisotopic (exact) mass is 501 g/mol. The minimum Gasteiger partial charge on any atom is -0.368 e. The molecule has 8 heteroatoms. The predicted octanol–water partition coefficient (Wildman–Crippen LogP) is 2.27. The van der Waals surface area contributed by atoms with Crippen molar-refractivity contribution in [2.24, 2.45) is 10.7 Å². The fourth-order valence-corrected chi connectivity index (χ4v) is 2.53. The molecule has 1 aromatic rings. The summed E-state index contributed by atoms with van der Waals surface area (Å²) in [5.74, 6) is -0.0531. The molecule has 1 aromatic carbocycles. The molecule has 0 radical (unpaired) electrons. The van der Waals surface area contributed by atoms with E-state index in [-0.39, 0.29) is 36.4 Å². The van der Waals surface area contributed by atoms with Gasteiger partial charge in [-0.25, -0.2) is 0 Å². The molecular formula is C20H32IN5O2. The van der Waals surface area contributed by atoms with Crippen molar-refractivity contribution in [3.63, 3.8) is 0 Å². The fourth-order valence-electron chi connectivity index (χ4n) is 2.53. The van der Waals surface area contributed by atoms with Gasteiger partial charge in [0.1, 0.15) is 0 Å². The largest absolute Gasteiger partial charge is 0.368 e. The van der Waals surface area contributed by atoms with Crippen LogP contribution in [0.5, 0.6) is 0 Å². The van der Waals surface area contributed by atoms with Gasteiger partial charge in [0.05, 0.1) is 6.54 Å². The number of carbonyl (C=O) groups excluding carboxylic acids is 2. The Kier molecular flexibility index (Phi) is 13.8. The SMILES string of the molecule is C=CCCCCCN(C)C(=NC)NCc1ccc(C(=O)NCC(N)=O)cc1.I. The lowest BCUT2D eigenvalue weighted by molar-refractivity contribution is -0.117. The molecule has 156 valence electrons. The van der Waals surface area contributed by atoms with Crippen molar-refractivity contribution in [1.29, 1.82) is 0 Å². The lowest BCUT2D eigenvalue weighted by atomic mass is 10.1. The summed E-state index contributed by atoms with van der Waals surface area (Å²) in [5.41, 5.74) is 6.54. The van der Waals surface area contributed by atoms with Crippen molar-refractivity contribution in [3.05, 3.63) is 48.0 Å². The molecule has 0 bridgehead atoms. The number of guanidine groups is 1. The number of unbranched alkanes of at least 4 members (excludes halogenated alkanes) is 3. The minimum absolute atomic E-state index is 0. The van der Waals surface area contributed by atoms with Gasteiger partial charge in [0.15, 0.2) is 5.96 Å². The molecule has 0 spiro atoms. The number of amides is 2. The van der Waals surface area contributed by atoms with E-state index in [0.29, 0.717) is 12.1 Å². The van der Waals surface area contributed by atoms with Gasteiger partial charge in [-0.2, -0.15) is 0 Å². The maximum atomic E-state index is 11.9. The molecular weight excluding hydrogens is 469 g/mol. The second kappa shape index (κ2) is 14.9. The fraction of sp³-hybridized carbons (Fsp3) is 0.450. The molecule has 7 nitrogen and oxygen atoms in total. The predicted molar refractivity (Wildman–Crippen MR) is 125 cm³/mol. The minimum atomic E-state index is -0.569. The van der Waals surface area contributed by atoms with Crippen molar-refractivity contribution in [1.82, 2.24) is 15.5 Å². The third-order valence-electron chi connectivity index (χ3n) is 4.07. The first-order valence-corrected chi connectivity index (χ1v) is 9.16. The van der Waals surface area contributed by atoms with E-state index in [4.69, 9.17) is 5.73 Å². The highest BCUT2D eigenvalue weighted by atomic mass is 127. The Morgan fingerprint density at radius 2 is 1.86 bits per heavy atom. The molecule has 0 unspecified atom stereocenters. The number of hydrogen-bond acceptors (Lipinski definition) is 3. The normalized spacial score (nSPS) is 10.6. The van der Waals surface area contributed by atoms with Crippen LogP contribution in [-0.4, -0.2) is 49.9 Å². The van der Waals surface area contributed by atoms with Crippen LogP contribution in [0.1, 0.15) is 41.6 Å². The summed E-state index contributed by atoms with van der Waals surface area (Å²) in [6.45, 7) is 5.12. The van der Waals surface area contributed by atoms with Crippen molar-refractivity contribution in [3.8, 4) is 0 Å². The number of hydrogen-bond donors (Lipinski definition) is 3. The Morgan fingerprint density at radius 3 is 2.43 bits per heavy atom. The van der Waals surface area contributed by atoms with Crippen LogP contribution in [0.4, 0.5) is 0 Å². The Bertz CT molecular complexity index is 647. The zero-order chi connectivity index (χ0) is 20.1. The molecule has 2 amide bonds. The summed E-state index contributed by atoms with van der Waals surface area (Å²) < 4.78 is 0. The first kappa shape index (κ1) is 25.9. The first-order chi connectivity index (χ1) is 13.0. The molecule has 1 rings (SSSR count). The molecule has 28 heavy (non-hydrogen) atoms. The smallest absolute Gasteiger partial charge is 0.251 e. The molecule has 0 aromatic heterocycles. The summed E-state index contributed by atoms with van der Waals surface area (Å²) in [6.07, 6.45) is 6.47. The van der Waals surface area contributed by atoms with Gasteiger partial charge in [0.2, 0.25) is 5.91 Å². The maximum absolute atomic E-state index is 11.9. The van der Waals surface area contributed by atoms with Crippen LogP contribution in [0, 0.1) is 0 Å². The van der Waals surface area contributed by atoms with E-state index in [9.17, 15) is 9.59 Å². The molecule has 0 atom stereocenters. The first-order valence-electron chi connectivity index (χ1n) is 9.16. The van der Waals surface area contributed by atoms with E-state index >= 15 is 0 Å². The van der Waals surface area contributed by atoms with Crippen LogP contribution in [-0.2, 0) is 11.3 Å². The van der Waals surface area contributed by atoms with Crippen molar-refractivity contribution < 1.29 is 9.59 Å². The quantitative estimate of drug-likeness (QED) is 0.142. The number of carbonyl (C=O) groups is 2. The van der Waals surface area contributed by atoms with E-state index in [0.717, 1.165) is 30.9 Å². The Balaban J connectivity index is 0.00000729. The summed E-state index contributed by atoms with van der Waals surface area (Å²) in [5, 5.41) is 5.79. The molecule has 0 aliphatic heterocycles. The third kappa shape index (κ3) is 10.3. The number of allylic oxidation sites excluding steroid dienone is 1. The van der Waals surface area contributed by atoms with Crippen LogP contribution in [0.25, 0.3) is 0 Å². The summed E-state index contributed by atoms with van der Waals surface area (Å²) in [6, 6.07) is 7.18. The van der Waals surface area contributed by atoms with E-state index in [1.165, 1.54) is 12.8 Å². The summed E-state index contributed by atoms with van der Waals surface area (Å²) in [7, 11) is 3.79. The number of benzene rings is 1. The van der Waals surface area contributed by atoms with Crippen LogP contribution >= 0.6 is 24.0 Å². The average molecular weight is 501 g/mol. The zero-order valence-corrected chi connectivity index (χ0v) is 19.1. The summed E-state index contributed by atoms with van der Waals surface area (Å²) >= 11 is 0. The maximum Gasteiger partial charge on any atom is 0.251 e. The van der Waals surface area contributed by atoms with Crippen molar-refractivity contribution >= 4 is 41.8 Å². The van der Waals surface area contributed by atoms with Gasteiger partial charge < -0.3 is 21.3 Å². The number of halogens is 1. The molecule has 0 aliphatic carbocycles. The molecule has 0 heterocycles. The second-order valence-corrected chi connectivity index (χ2v) is 6.31. The number of rotatable bonds is 11. The van der Waals surface area contributed by atoms with Crippen molar-refractivity contribution in [2.45, 2.75) is 32.2 Å². The number of nitrogens with one attached hydrogen (secondary N) is 2. The third-order valence-corrected chi connectivity index (χ3v) is 4.07. The lowest BCUT2D eigenvalue weighted by Gasteiger charge is -2.22. The topological polar surface area (TPSA) is 99.8 Å². The van der Waals surface area contributed by atoms with Gasteiger partial charge in [0, 0.05) is 32.7 Å². The van der Waals surface area contributed by atoms with Crippen LogP contribution in [0.3, 0.4) is 0 Å². The molecule has 0 fully saturated rings. The second-order valence-electron chi connectivity index (χ2n) is 6.31. The number of aliphatic imine (C=N–C) groups is 1. The van der Waals surface area contributed by atoms with Gasteiger partial charge in [0.25, 0.3) is 5.91 Å².